The lowest BCUT2D eigenvalue weighted by Gasteiger charge is -2.16. The second-order valence-electron chi connectivity index (χ2n) is 4.68. The Kier molecular flexibility index (Phi) is 3.21. The monoisotopic (exact) mass is 235 g/mol. The van der Waals surface area contributed by atoms with E-state index in [1.165, 1.54) is 0 Å². The van der Waals surface area contributed by atoms with Crippen molar-refractivity contribution in [1.29, 1.82) is 0 Å². The fraction of sp³-hybridized carbons (Fsp3) is 0.417. The molecule has 0 unspecified atom stereocenters. The quantitative estimate of drug-likeness (QED) is 0.856. The first-order chi connectivity index (χ1) is 7.54. The minimum atomic E-state index is -0.114. The second kappa shape index (κ2) is 4.47. The molecule has 0 aliphatic rings. The Morgan fingerprint density at radius 1 is 1.38 bits per heavy atom. The number of nitrogens with two attached hydrogens (primary N) is 1. The molecule has 0 saturated carbocycles. The molecular weight excluding hydrogens is 218 g/mol. The molecule has 0 aliphatic heterocycles. The molecule has 16 heavy (non-hydrogen) atoms. The lowest BCUT2D eigenvalue weighted by atomic mass is 10.1. The highest BCUT2D eigenvalue weighted by Crippen LogP contribution is 2.17. The number of aromatic nitrogens is 2. The van der Waals surface area contributed by atoms with Gasteiger partial charge in [-0.2, -0.15) is 11.8 Å². The van der Waals surface area contributed by atoms with E-state index >= 15 is 0 Å². The molecule has 0 saturated heterocycles. The third kappa shape index (κ3) is 3.00. The maximum atomic E-state index is 5.92. The number of nitrogens with one attached hydrogen (secondary N) is 1. The molecule has 0 atom stereocenters. The Labute approximate surface area is 99.8 Å². The van der Waals surface area contributed by atoms with Crippen LogP contribution in [0.4, 0.5) is 0 Å². The Morgan fingerprint density at radius 3 is 2.81 bits per heavy atom. The van der Waals surface area contributed by atoms with E-state index in [1.807, 2.05) is 49.9 Å². The molecule has 0 radical (unpaired) electrons. The summed E-state index contributed by atoms with van der Waals surface area (Å²) < 4.78 is 0. The molecule has 3 N–H and O–H groups in total. The summed E-state index contributed by atoms with van der Waals surface area (Å²) in [7, 11) is 0. The van der Waals surface area contributed by atoms with Gasteiger partial charge >= 0.3 is 0 Å². The van der Waals surface area contributed by atoms with Crippen molar-refractivity contribution in [2.45, 2.75) is 25.1 Å². The average Bonchev–Trinajstić information content (AvgIpc) is 2.57. The highest BCUT2D eigenvalue weighted by atomic mass is 32.2. The first-order valence-electron chi connectivity index (χ1n) is 5.35. The van der Waals surface area contributed by atoms with Gasteiger partial charge in [0.15, 0.2) is 0 Å². The number of rotatable bonds is 4. The predicted molar refractivity (Wildman–Crippen MR) is 70.5 cm³/mol. The van der Waals surface area contributed by atoms with Crippen molar-refractivity contribution in [3.8, 4) is 0 Å². The standard InChI is InChI=1S/C12H17N3S/c1-12(2,13)8-16-7-11-14-9-5-3-4-6-10(9)15-11/h3-6H,7-8,13H2,1-2H3,(H,14,15). The largest absolute Gasteiger partial charge is 0.341 e. The van der Waals surface area contributed by atoms with E-state index in [4.69, 9.17) is 5.73 Å². The number of hydrogen-bond acceptors (Lipinski definition) is 3. The number of H-pyrrole nitrogens is 1. The summed E-state index contributed by atoms with van der Waals surface area (Å²) in [5, 5.41) is 0. The number of imidazole rings is 1. The van der Waals surface area contributed by atoms with Crippen LogP contribution in [0.25, 0.3) is 11.0 Å². The Hall–Kier alpha value is -1.00. The molecule has 3 nitrogen and oxygen atoms in total. The molecular formula is C12H17N3S. The summed E-state index contributed by atoms with van der Waals surface area (Å²) in [5.74, 6) is 2.84. The average molecular weight is 235 g/mol. The van der Waals surface area contributed by atoms with E-state index in [9.17, 15) is 0 Å². The predicted octanol–water partition coefficient (Wildman–Crippen LogP) is 2.53. The first-order valence-corrected chi connectivity index (χ1v) is 6.50. The van der Waals surface area contributed by atoms with Crippen molar-refractivity contribution in [3.63, 3.8) is 0 Å². The summed E-state index contributed by atoms with van der Waals surface area (Å²) in [6.07, 6.45) is 0. The van der Waals surface area contributed by atoms with Crippen molar-refractivity contribution in [3.05, 3.63) is 30.1 Å². The molecule has 1 heterocycles. The van der Waals surface area contributed by atoms with E-state index < -0.39 is 0 Å². The van der Waals surface area contributed by atoms with Gasteiger partial charge in [-0.1, -0.05) is 12.1 Å². The SMILES string of the molecule is CC(C)(N)CSCc1nc2ccccc2[nH]1. The zero-order valence-corrected chi connectivity index (χ0v) is 10.5. The van der Waals surface area contributed by atoms with Gasteiger partial charge in [0.1, 0.15) is 5.82 Å². The van der Waals surface area contributed by atoms with Crippen molar-refractivity contribution in [2.24, 2.45) is 5.73 Å². The zero-order chi connectivity index (χ0) is 11.6. The van der Waals surface area contributed by atoms with Gasteiger partial charge in [0.2, 0.25) is 0 Å². The summed E-state index contributed by atoms with van der Waals surface area (Å²) in [6.45, 7) is 4.08. The lowest BCUT2D eigenvalue weighted by molar-refractivity contribution is 0.591. The fourth-order valence-electron chi connectivity index (χ4n) is 1.48. The number of thioether (sulfide) groups is 1. The number of fused-ring (bicyclic) bond motifs is 1. The van der Waals surface area contributed by atoms with Crippen LogP contribution in [0.1, 0.15) is 19.7 Å². The normalized spacial score (nSPS) is 12.2. The molecule has 1 aromatic heterocycles. The van der Waals surface area contributed by atoms with Crippen LogP contribution in [0.15, 0.2) is 24.3 Å². The van der Waals surface area contributed by atoms with Crippen LogP contribution in [0.2, 0.25) is 0 Å². The first kappa shape index (κ1) is 11.5. The number of aromatic amines is 1. The van der Waals surface area contributed by atoms with Gasteiger partial charge in [-0.15, -0.1) is 0 Å². The lowest BCUT2D eigenvalue weighted by Crippen LogP contribution is -2.34. The van der Waals surface area contributed by atoms with Crippen LogP contribution in [0.5, 0.6) is 0 Å². The van der Waals surface area contributed by atoms with Crippen LogP contribution in [0.3, 0.4) is 0 Å². The van der Waals surface area contributed by atoms with Gasteiger partial charge in [-0.05, 0) is 26.0 Å². The molecule has 4 heteroatoms. The molecule has 0 fully saturated rings. The molecule has 0 spiro atoms. The smallest absolute Gasteiger partial charge is 0.117 e. The summed E-state index contributed by atoms with van der Waals surface area (Å²) in [6, 6.07) is 8.08. The van der Waals surface area contributed by atoms with Gasteiger partial charge < -0.3 is 10.7 Å². The maximum absolute atomic E-state index is 5.92. The summed E-state index contributed by atoms with van der Waals surface area (Å²) >= 11 is 1.81. The molecule has 1 aromatic carbocycles. The van der Waals surface area contributed by atoms with Gasteiger partial charge in [-0.3, -0.25) is 0 Å². The van der Waals surface area contributed by atoms with E-state index in [2.05, 4.69) is 9.97 Å². The highest BCUT2D eigenvalue weighted by molar-refractivity contribution is 7.98. The third-order valence-corrected chi connectivity index (χ3v) is 3.58. The van der Waals surface area contributed by atoms with Crippen LogP contribution in [0, 0.1) is 0 Å². The molecule has 86 valence electrons. The molecule has 0 aliphatic carbocycles. The van der Waals surface area contributed by atoms with Gasteiger partial charge in [0.05, 0.1) is 16.8 Å². The Bertz CT molecular complexity index is 437. The van der Waals surface area contributed by atoms with Crippen LogP contribution in [-0.2, 0) is 5.75 Å². The Balaban J connectivity index is 2.00. The van der Waals surface area contributed by atoms with Gasteiger partial charge in [0, 0.05) is 11.3 Å². The van der Waals surface area contributed by atoms with Crippen LogP contribution in [-0.4, -0.2) is 21.3 Å². The number of nitrogens with zero attached hydrogens (tertiary/aromatic N) is 1. The van der Waals surface area contributed by atoms with Crippen molar-refractivity contribution >= 4 is 22.8 Å². The number of hydrogen-bond donors (Lipinski definition) is 2. The minimum Gasteiger partial charge on any atom is -0.341 e. The van der Waals surface area contributed by atoms with E-state index in [1.54, 1.807) is 0 Å². The topological polar surface area (TPSA) is 54.7 Å². The van der Waals surface area contributed by atoms with Crippen molar-refractivity contribution in [1.82, 2.24) is 9.97 Å². The van der Waals surface area contributed by atoms with Crippen LogP contribution >= 0.6 is 11.8 Å². The van der Waals surface area contributed by atoms with E-state index in [0.717, 1.165) is 28.4 Å². The van der Waals surface area contributed by atoms with Gasteiger partial charge in [-0.25, -0.2) is 4.98 Å². The highest BCUT2D eigenvalue weighted by Gasteiger charge is 2.11. The number of benzene rings is 1. The zero-order valence-electron chi connectivity index (χ0n) is 9.66. The maximum Gasteiger partial charge on any atom is 0.117 e. The van der Waals surface area contributed by atoms with Crippen LogP contribution < -0.4 is 5.73 Å². The van der Waals surface area contributed by atoms with Crippen molar-refractivity contribution in [2.75, 3.05) is 5.75 Å². The minimum absolute atomic E-state index is 0.114. The second-order valence-corrected chi connectivity index (χ2v) is 5.67. The molecule has 2 aromatic rings. The summed E-state index contributed by atoms with van der Waals surface area (Å²) in [4.78, 5) is 7.82. The Morgan fingerprint density at radius 2 is 2.12 bits per heavy atom. The van der Waals surface area contributed by atoms with Gasteiger partial charge in [0.25, 0.3) is 0 Å². The van der Waals surface area contributed by atoms with E-state index in [-0.39, 0.29) is 5.54 Å². The van der Waals surface area contributed by atoms with E-state index in [0.29, 0.717) is 0 Å². The summed E-state index contributed by atoms with van der Waals surface area (Å²) in [5.41, 5.74) is 7.94. The van der Waals surface area contributed by atoms with Crippen molar-refractivity contribution < 1.29 is 0 Å². The third-order valence-electron chi connectivity index (χ3n) is 2.15. The molecule has 0 bridgehead atoms. The fourth-order valence-corrected chi connectivity index (χ4v) is 2.44. The molecule has 0 amide bonds. The molecule has 2 rings (SSSR count). The number of para-hydroxylation sites is 2.